The Bertz CT molecular complexity index is 729. The van der Waals surface area contributed by atoms with Crippen molar-refractivity contribution in [3.63, 3.8) is 0 Å². The van der Waals surface area contributed by atoms with Crippen LogP contribution in [-0.4, -0.2) is 17.7 Å². The van der Waals surface area contributed by atoms with E-state index in [-0.39, 0.29) is 19.4 Å². The Kier molecular flexibility index (Phi) is 4.33. The first-order valence-electron chi connectivity index (χ1n) is 6.67. The number of hydrogen-bond donors (Lipinski definition) is 0. The minimum absolute atomic E-state index is 0.0954. The molecule has 22 heavy (non-hydrogen) atoms. The average molecular weight is 340 g/mol. The van der Waals surface area contributed by atoms with E-state index < -0.39 is 0 Å². The molecule has 0 amide bonds. The number of rotatable bonds is 3. The summed E-state index contributed by atoms with van der Waals surface area (Å²) in [4.78, 5) is 16.9. The first-order valence-corrected chi connectivity index (χ1v) is 7.87. The number of nitrogens with zero attached hydrogens (tertiary/aromatic N) is 1. The summed E-state index contributed by atoms with van der Waals surface area (Å²) in [5.41, 5.74) is 2.28. The third-order valence-electron chi connectivity index (χ3n) is 3.20. The van der Waals surface area contributed by atoms with E-state index in [1.54, 1.807) is 19.1 Å². The highest BCUT2D eigenvalue weighted by atomic mass is 35.5. The molecule has 5 nitrogen and oxygen atoms in total. The van der Waals surface area contributed by atoms with Crippen LogP contribution in [0.15, 0.2) is 12.1 Å². The molecule has 0 bridgehead atoms. The van der Waals surface area contributed by atoms with Crippen LogP contribution in [0.3, 0.4) is 0 Å². The molecule has 0 spiro atoms. The number of ether oxygens (including phenoxy) is 3. The Morgan fingerprint density at radius 2 is 2.27 bits per heavy atom. The van der Waals surface area contributed by atoms with Gasteiger partial charge in [0.2, 0.25) is 0 Å². The highest BCUT2D eigenvalue weighted by Crippen LogP contribution is 2.32. The van der Waals surface area contributed by atoms with Gasteiger partial charge in [-0.15, -0.1) is 11.3 Å². The fourth-order valence-electron chi connectivity index (χ4n) is 2.29. The Balaban J connectivity index is 1.78. The van der Waals surface area contributed by atoms with Crippen LogP contribution in [0.1, 0.15) is 31.5 Å². The van der Waals surface area contributed by atoms with Crippen LogP contribution >= 0.6 is 22.9 Å². The highest BCUT2D eigenvalue weighted by Gasteiger charge is 2.19. The van der Waals surface area contributed by atoms with Crippen LogP contribution in [0.4, 0.5) is 0 Å². The maximum absolute atomic E-state index is 12.2. The van der Waals surface area contributed by atoms with Crippen LogP contribution in [-0.2, 0) is 22.7 Å². The Morgan fingerprint density at radius 3 is 3.00 bits per heavy atom. The fraction of sp³-hybridized carbons (Fsp3) is 0.333. The minimum atomic E-state index is -0.385. The number of aromatic nitrogens is 1. The van der Waals surface area contributed by atoms with E-state index in [1.807, 2.05) is 6.92 Å². The van der Waals surface area contributed by atoms with Crippen molar-refractivity contribution in [3.05, 3.63) is 43.9 Å². The number of thiazole rings is 1. The lowest BCUT2D eigenvalue weighted by Crippen LogP contribution is -2.14. The Labute approximate surface area is 136 Å². The molecule has 0 fully saturated rings. The van der Waals surface area contributed by atoms with Gasteiger partial charge in [0.15, 0.2) is 6.79 Å². The third-order valence-corrected chi connectivity index (χ3v) is 4.47. The van der Waals surface area contributed by atoms with Gasteiger partial charge in [-0.25, -0.2) is 9.78 Å². The van der Waals surface area contributed by atoms with Crippen molar-refractivity contribution in [2.24, 2.45) is 0 Å². The largest absolute Gasteiger partial charge is 0.467 e. The first kappa shape index (κ1) is 15.3. The second kappa shape index (κ2) is 6.24. The summed E-state index contributed by atoms with van der Waals surface area (Å²) in [5, 5.41) is 1.40. The second-order valence-electron chi connectivity index (χ2n) is 4.89. The Hall–Kier alpha value is -1.63. The van der Waals surface area contributed by atoms with Crippen molar-refractivity contribution in [2.75, 3.05) is 6.79 Å². The summed E-state index contributed by atoms with van der Waals surface area (Å²) in [7, 11) is 0. The zero-order valence-electron chi connectivity index (χ0n) is 12.1. The normalized spacial score (nSPS) is 13.4. The smallest absolute Gasteiger partial charge is 0.350 e. The van der Waals surface area contributed by atoms with Gasteiger partial charge in [0, 0.05) is 16.1 Å². The van der Waals surface area contributed by atoms with Crippen molar-refractivity contribution in [1.29, 1.82) is 0 Å². The molecule has 1 aromatic carbocycles. The first-order chi connectivity index (χ1) is 10.5. The number of esters is 1. The van der Waals surface area contributed by atoms with Crippen molar-refractivity contribution >= 4 is 28.9 Å². The van der Waals surface area contributed by atoms with Gasteiger partial charge in [0.05, 0.1) is 17.3 Å². The number of hydrogen-bond acceptors (Lipinski definition) is 6. The van der Waals surface area contributed by atoms with E-state index in [0.29, 0.717) is 28.0 Å². The van der Waals surface area contributed by atoms with Crippen molar-refractivity contribution < 1.29 is 19.0 Å². The molecule has 0 saturated carbocycles. The number of fused-ring (bicyclic) bond motifs is 1. The molecule has 0 atom stereocenters. The predicted octanol–water partition coefficient (Wildman–Crippen LogP) is 3.64. The van der Waals surface area contributed by atoms with E-state index in [9.17, 15) is 4.79 Å². The summed E-state index contributed by atoms with van der Waals surface area (Å²) in [6.45, 7) is 4.36. The Morgan fingerprint density at radius 1 is 1.45 bits per heavy atom. The second-order valence-corrected chi connectivity index (χ2v) is 6.53. The molecule has 0 unspecified atom stereocenters. The summed E-state index contributed by atoms with van der Waals surface area (Å²) >= 11 is 7.41. The van der Waals surface area contributed by atoms with Crippen molar-refractivity contribution in [1.82, 2.24) is 4.98 Å². The fourth-order valence-corrected chi connectivity index (χ4v) is 3.37. The molecule has 2 heterocycles. The van der Waals surface area contributed by atoms with Crippen LogP contribution < -0.4 is 4.74 Å². The number of carbonyl (C=O) groups is 1. The van der Waals surface area contributed by atoms with E-state index in [1.165, 1.54) is 11.3 Å². The minimum Gasteiger partial charge on any atom is -0.467 e. The molecule has 1 aliphatic rings. The summed E-state index contributed by atoms with van der Waals surface area (Å²) in [5.74, 6) is 0.296. The average Bonchev–Trinajstić information content (AvgIpc) is 2.83. The summed E-state index contributed by atoms with van der Waals surface area (Å²) < 4.78 is 16.1. The lowest BCUT2D eigenvalue weighted by molar-refractivity contribution is -0.0180. The van der Waals surface area contributed by atoms with Gasteiger partial charge in [-0.1, -0.05) is 11.6 Å². The maximum atomic E-state index is 12.2. The van der Waals surface area contributed by atoms with Crippen LogP contribution in [0, 0.1) is 13.8 Å². The molecule has 0 saturated heterocycles. The van der Waals surface area contributed by atoms with Gasteiger partial charge in [-0.2, -0.15) is 0 Å². The molecule has 7 heteroatoms. The topological polar surface area (TPSA) is 57.7 Å². The van der Waals surface area contributed by atoms with Crippen LogP contribution in [0.5, 0.6) is 5.75 Å². The number of benzene rings is 1. The molecule has 3 rings (SSSR count). The third kappa shape index (κ3) is 3.09. The highest BCUT2D eigenvalue weighted by molar-refractivity contribution is 7.13. The van der Waals surface area contributed by atoms with Gasteiger partial charge in [0.25, 0.3) is 0 Å². The maximum Gasteiger partial charge on any atom is 0.350 e. The van der Waals surface area contributed by atoms with Crippen LogP contribution in [0.25, 0.3) is 0 Å². The molecule has 2 aromatic rings. The molecular weight excluding hydrogens is 326 g/mol. The lowest BCUT2D eigenvalue weighted by atomic mass is 10.1. The van der Waals surface area contributed by atoms with Crippen LogP contribution in [0.2, 0.25) is 5.02 Å². The quantitative estimate of drug-likeness (QED) is 0.799. The molecule has 0 aliphatic carbocycles. The zero-order valence-corrected chi connectivity index (χ0v) is 13.7. The SMILES string of the molecule is Cc1nc(C)c(C(=O)OCc2cc(Cl)cc3c2OCOC3)s1. The van der Waals surface area contributed by atoms with Gasteiger partial charge < -0.3 is 14.2 Å². The van der Waals surface area contributed by atoms with Gasteiger partial charge >= 0.3 is 5.97 Å². The number of halogens is 1. The van der Waals surface area contributed by atoms with E-state index in [4.69, 9.17) is 25.8 Å². The molecule has 116 valence electrons. The van der Waals surface area contributed by atoms with Gasteiger partial charge in [0.1, 0.15) is 17.2 Å². The van der Waals surface area contributed by atoms with Crippen molar-refractivity contribution in [2.45, 2.75) is 27.1 Å². The van der Waals surface area contributed by atoms with E-state index >= 15 is 0 Å². The molecular formula is C15H14ClNO4S. The van der Waals surface area contributed by atoms with Gasteiger partial charge in [-0.05, 0) is 26.0 Å². The molecule has 1 aromatic heterocycles. The number of carbonyl (C=O) groups excluding carboxylic acids is 1. The van der Waals surface area contributed by atoms with Crippen molar-refractivity contribution in [3.8, 4) is 5.75 Å². The molecule has 0 N–H and O–H groups in total. The molecule has 1 aliphatic heterocycles. The summed E-state index contributed by atoms with van der Waals surface area (Å²) in [6, 6.07) is 3.53. The standard InChI is InChI=1S/C15H14ClNO4S/c1-8-14(22-9(2)17-8)15(18)20-6-11-4-12(16)3-10-5-19-7-21-13(10)11/h3-4H,5-7H2,1-2H3. The molecule has 0 radical (unpaired) electrons. The van der Waals surface area contributed by atoms with Gasteiger partial charge in [-0.3, -0.25) is 0 Å². The number of aryl methyl sites for hydroxylation is 2. The van der Waals surface area contributed by atoms with E-state index in [2.05, 4.69) is 4.98 Å². The predicted molar refractivity (Wildman–Crippen MR) is 82.4 cm³/mol. The zero-order chi connectivity index (χ0) is 15.7. The monoisotopic (exact) mass is 339 g/mol. The summed E-state index contributed by atoms with van der Waals surface area (Å²) in [6.07, 6.45) is 0. The lowest BCUT2D eigenvalue weighted by Gasteiger charge is -2.21. The van der Waals surface area contributed by atoms with E-state index in [0.717, 1.165) is 16.1 Å².